The Kier molecular flexibility index (Phi) is 3.99. The molecule has 1 heterocycles. The van der Waals surface area contributed by atoms with Gasteiger partial charge in [-0.25, -0.2) is 8.78 Å². The molecule has 18 heavy (non-hydrogen) atoms. The molecule has 0 saturated carbocycles. The molecule has 0 aliphatic carbocycles. The average molecular weight is 248 g/mol. The first kappa shape index (κ1) is 12.6. The second-order valence-electron chi connectivity index (χ2n) is 3.99. The van der Waals surface area contributed by atoms with E-state index < -0.39 is 11.6 Å². The van der Waals surface area contributed by atoms with E-state index in [1.54, 1.807) is 6.20 Å². The molecular weight excluding hydrogens is 234 g/mol. The first-order chi connectivity index (χ1) is 8.70. The van der Waals surface area contributed by atoms with E-state index in [-0.39, 0.29) is 5.56 Å². The third kappa shape index (κ3) is 2.90. The minimum atomic E-state index is -0.455. The molecule has 1 aromatic carbocycles. The topological polar surface area (TPSA) is 24.9 Å². The molecule has 0 spiro atoms. The van der Waals surface area contributed by atoms with Gasteiger partial charge in [0.15, 0.2) is 0 Å². The fraction of sp³-hybridized carbons (Fsp3) is 0.214. The van der Waals surface area contributed by atoms with Crippen molar-refractivity contribution in [3.05, 3.63) is 53.9 Å². The van der Waals surface area contributed by atoms with Crippen molar-refractivity contribution in [3.63, 3.8) is 0 Å². The number of nitrogens with one attached hydrogen (secondary N) is 1. The van der Waals surface area contributed by atoms with Crippen LogP contribution >= 0.6 is 0 Å². The smallest absolute Gasteiger partial charge is 0.131 e. The summed E-state index contributed by atoms with van der Waals surface area (Å²) in [6, 6.07) is 5.23. The van der Waals surface area contributed by atoms with Crippen LogP contribution in [-0.2, 0) is 6.54 Å². The molecule has 0 unspecified atom stereocenters. The third-order valence-electron chi connectivity index (χ3n) is 2.61. The minimum absolute atomic E-state index is 0.237. The van der Waals surface area contributed by atoms with Gasteiger partial charge in [0, 0.05) is 30.1 Å². The third-order valence-corrected chi connectivity index (χ3v) is 2.61. The Morgan fingerprint density at radius 3 is 2.78 bits per heavy atom. The van der Waals surface area contributed by atoms with E-state index in [2.05, 4.69) is 10.3 Å². The Balaban J connectivity index is 2.35. The number of halogens is 2. The largest absolute Gasteiger partial charge is 0.313 e. The highest BCUT2D eigenvalue weighted by Crippen LogP contribution is 2.23. The molecule has 0 radical (unpaired) electrons. The number of nitrogens with zero attached hydrogens (tertiary/aromatic N) is 1. The van der Waals surface area contributed by atoms with Gasteiger partial charge in [-0.1, -0.05) is 6.92 Å². The quantitative estimate of drug-likeness (QED) is 0.899. The fourth-order valence-corrected chi connectivity index (χ4v) is 1.72. The van der Waals surface area contributed by atoms with Crippen LogP contribution < -0.4 is 5.32 Å². The van der Waals surface area contributed by atoms with Gasteiger partial charge in [-0.15, -0.1) is 0 Å². The van der Waals surface area contributed by atoms with E-state index in [4.69, 9.17) is 0 Å². The monoisotopic (exact) mass is 248 g/mol. The Labute approximate surface area is 105 Å². The van der Waals surface area contributed by atoms with Crippen LogP contribution in [0.25, 0.3) is 11.1 Å². The lowest BCUT2D eigenvalue weighted by Gasteiger charge is -2.06. The minimum Gasteiger partial charge on any atom is -0.313 e. The lowest BCUT2D eigenvalue weighted by atomic mass is 10.1. The van der Waals surface area contributed by atoms with Crippen LogP contribution in [0.1, 0.15) is 12.5 Å². The average Bonchev–Trinajstić information content (AvgIpc) is 2.39. The predicted molar refractivity (Wildman–Crippen MR) is 67.0 cm³/mol. The van der Waals surface area contributed by atoms with Gasteiger partial charge in [-0.05, 0) is 36.4 Å². The Hall–Kier alpha value is -1.81. The maximum Gasteiger partial charge on any atom is 0.131 e. The van der Waals surface area contributed by atoms with Crippen LogP contribution in [0.4, 0.5) is 8.78 Å². The molecule has 1 aromatic heterocycles. The lowest BCUT2D eigenvalue weighted by molar-refractivity contribution is 0.603. The van der Waals surface area contributed by atoms with Gasteiger partial charge in [0.1, 0.15) is 11.6 Å². The number of pyridine rings is 1. The Bertz CT molecular complexity index is 541. The number of aromatic nitrogens is 1. The summed E-state index contributed by atoms with van der Waals surface area (Å²) in [6.07, 6.45) is 3.25. The van der Waals surface area contributed by atoms with Crippen molar-refractivity contribution in [3.8, 4) is 11.1 Å². The summed E-state index contributed by atoms with van der Waals surface area (Å²) in [5.74, 6) is -0.901. The van der Waals surface area contributed by atoms with Gasteiger partial charge in [0.05, 0.1) is 0 Å². The molecule has 1 N–H and O–H groups in total. The summed E-state index contributed by atoms with van der Waals surface area (Å²) in [5.41, 5.74) is 1.77. The molecule has 0 amide bonds. The molecule has 0 aliphatic heterocycles. The fourth-order valence-electron chi connectivity index (χ4n) is 1.72. The van der Waals surface area contributed by atoms with E-state index in [9.17, 15) is 8.78 Å². The van der Waals surface area contributed by atoms with E-state index >= 15 is 0 Å². The second kappa shape index (κ2) is 5.69. The maximum absolute atomic E-state index is 13.6. The zero-order chi connectivity index (χ0) is 13.0. The second-order valence-corrected chi connectivity index (χ2v) is 3.99. The van der Waals surface area contributed by atoms with Gasteiger partial charge in [0.25, 0.3) is 0 Å². The summed E-state index contributed by atoms with van der Waals surface area (Å²) in [5, 5.41) is 3.16. The number of rotatable bonds is 4. The first-order valence-electron chi connectivity index (χ1n) is 5.80. The van der Waals surface area contributed by atoms with E-state index in [1.807, 2.05) is 13.0 Å². The molecule has 2 aromatic rings. The summed E-state index contributed by atoms with van der Waals surface area (Å²) < 4.78 is 26.8. The number of hydrogen-bond acceptors (Lipinski definition) is 2. The van der Waals surface area contributed by atoms with Gasteiger partial charge >= 0.3 is 0 Å². The van der Waals surface area contributed by atoms with Crippen molar-refractivity contribution < 1.29 is 8.78 Å². The van der Waals surface area contributed by atoms with Crippen LogP contribution in [0.2, 0.25) is 0 Å². The number of hydrogen-bond donors (Lipinski definition) is 1. The normalized spacial score (nSPS) is 10.6. The highest BCUT2D eigenvalue weighted by Gasteiger charge is 2.07. The van der Waals surface area contributed by atoms with E-state index in [0.29, 0.717) is 12.1 Å². The zero-order valence-electron chi connectivity index (χ0n) is 10.1. The summed E-state index contributed by atoms with van der Waals surface area (Å²) >= 11 is 0. The Morgan fingerprint density at radius 1 is 1.17 bits per heavy atom. The van der Waals surface area contributed by atoms with E-state index in [1.165, 1.54) is 12.3 Å². The molecule has 0 aliphatic rings. The molecule has 0 saturated heterocycles. The van der Waals surface area contributed by atoms with Crippen LogP contribution in [0.3, 0.4) is 0 Å². The van der Waals surface area contributed by atoms with Gasteiger partial charge < -0.3 is 5.32 Å². The maximum atomic E-state index is 13.6. The van der Waals surface area contributed by atoms with Crippen LogP contribution in [0.5, 0.6) is 0 Å². The molecule has 4 heteroatoms. The van der Waals surface area contributed by atoms with Crippen molar-refractivity contribution in [2.75, 3.05) is 6.54 Å². The molecule has 0 atom stereocenters. The highest BCUT2D eigenvalue weighted by atomic mass is 19.1. The highest BCUT2D eigenvalue weighted by molar-refractivity contribution is 5.63. The van der Waals surface area contributed by atoms with Gasteiger partial charge in [-0.3, -0.25) is 4.98 Å². The van der Waals surface area contributed by atoms with Crippen molar-refractivity contribution in [2.45, 2.75) is 13.5 Å². The predicted octanol–water partition coefficient (Wildman–Crippen LogP) is 3.14. The van der Waals surface area contributed by atoms with Crippen LogP contribution in [0, 0.1) is 11.6 Å². The van der Waals surface area contributed by atoms with Gasteiger partial charge in [-0.2, -0.15) is 0 Å². The van der Waals surface area contributed by atoms with Crippen molar-refractivity contribution in [1.29, 1.82) is 0 Å². The van der Waals surface area contributed by atoms with Crippen LogP contribution in [0.15, 0.2) is 36.7 Å². The van der Waals surface area contributed by atoms with Crippen molar-refractivity contribution in [2.24, 2.45) is 0 Å². The van der Waals surface area contributed by atoms with Crippen molar-refractivity contribution in [1.82, 2.24) is 10.3 Å². The molecule has 2 rings (SSSR count). The molecule has 2 nitrogen and oxygen atoms in total. The van der Waals surface area contributed by atoms with Gasteiger partial charge in [0.2, 0.25) is 0 Å². The molecule has 94 valence electrons. The number of benzene rings is 1. The van der Waals surface area contributed by atoms with Crippen LogP contribution in [-0.4, -0.2) is 11.5 Å². The zero-order valence-corrected chi connectivity index (χ0v) is 10.1. The van der Waals surface area contributed by atoms with E-state index in [0.717, 1.165) is 24.2 Å². The summed E-state index contributed by atoms with van der Waals surface area (Å²) in [7, 11) is 0. The molecule has 0 bridgehead atoms. The summed E-state index contributed by atoms with van der Waals surface area (Å²) in [4.78, 5) is 4.06. The molecule has 0 fully saturated rings. The van der Waals surface area contributed by atoms with Crippen molar-refractivity contribution >= 4 is 0 Å². The Morgan fingerprint density at radius 2 is 2.00 bits per heavy atom. The summed E-state index contributed by atoms with van der Waals surface area (Å²) in [6.45, 7) is 3.51. The lowest BCUT2D eigenvalue weighted by Crippen LogP contribution is -2.11. The standard InChI is InChI=1S/C14H14F2N2/c1-2-17-7-10-5-11(9-18-8-10)13-6-12(15)3-4-14(13)16/h3-6,8-9,17H,2,7H2,1H3. The SMILES string of the molecule is CCNCc1cncc(-c2cc(F)ccc2F)c1. The molecular formula is C14H14F2N2. The first-order valence-corrected chi connectivity index (χ1v) is 5.80.